The zero-order valence-electron chi connectivity index (χ0n) is 20.7. The van der Waals surface area contributed by atoms with Crippen LogP contribution in [-0.4, -0.2) is 78.4 Å². The molecule has 0 bridgehead atoms. The van der Waals surface area contributed by atoms with Crippen LogP contribution in [0.15, 0.2) is 24.3 Å². The fourth-order valence-corrected chi connectivity index (χ4v) is 6.07. The van der Waals surface area contributed by atoms with E-state index in [1.165, 1.54) is 16.4 Å². The molecule has 1 atom stereocenters. The standard InChI is InChI=1S/C24H32F2N6O2S2/c1-23(2,3)22-27-20(31-10-9-24(25,26)15-31)19-21(28-22)32(30-29-19)12-17-7-5-4-6-16(17)8-11-35-36-14-18(34)13-33/h4-7,18,33-34H,8-15H2,1-3H3. The summed E-state index contributed by atoms with van der Waals surface area (Å²) in [5.74, 6) is -0.438. The molecule has 4 rings (SSSR count). The van der Waals surface area contributed by atoms with Crippen molar-refractivity contribution >= 4 is 38.6 Å². The predicted molar refractivity (Wildman–Crippen MR) is 141 cm³/mol. The number of benzene rings is 1. The third-order valence-corrected chi connectivity index (χ3v) is 8.40. The van der Waals surface area contributed by atoms with Crippen molar-refractivity contribution in [1.29, 1.82) is 0 Å². The van der Waals surface area contributed by atoms with Crippen molar-refractivity contribution < 1.29 is 19.0 Å². The molecule has 0 radical (unpaired) electrons. The molecule has 36 heavy (non-hydrogen) atoms. The summed E-state index contributed by atoms with van der Waals surface area (Å²) in [7, 11) is 3.19. The molecule has 1 aliphatic heterocycles. The Labute approximate surface area is 217 Å². The largest absolute Gasteiger partial charge is 0.394 e. The van der Waals surface area contributed by atoms with Gasteiger partial charge in [0.1, 0.15) is 5.82 Å². The van der Waals surface area contributed by atoms with Gasteiger partial charge >= 0.3 is 0 Å². The lowest BCUT2D eigenvalue weighted by Gasteiger charge is -2.22. The summed E-state index contributed by atoms with van der Waals surface area (Å²) in [4.78, 5) is 11.0. The normalized spacial score (nSPS) is 16.7. The van der Waals surface area contributed by atoms with Crippen LogP contribution < -0.4 is 4.90 Å². The van der Waals surface area contributed by atoms with E-state index in [4.69, 9.17) is 10.1 Å². The van der Waals surface area contributed by atoms with Crippen LogP contribution in [0.3, 0.4) is 0 Å². The zero-order chi connectivity index (χ0) is 25.9. The maximum atomic E-state index is 14.0. The van der Waals surface area contributed by atoms with E-state index in [-0.39, 0.29) is 31.5 Å². The van der Waals surface area contributed by atoms with Gasteiger partial charge in [-0.25, -0.2) is 23.4 Å². The number of alkyl halides is 2. The van der Waals surface area contributed by atoms with Crippen LogP contribution in [0.5, 0.6) is 0 Å². The fourth-order valence-electron chi connectivity index (χ4n) is 3.93. The quantitative estimate of drug-likeness (QED) is 0.296. The van der Waals surface area contributed by atoms with Gasteiger partial charge in [0.05, 0.1) is 25.8 Å². The number of aliphatic hydroxyl groups is 2. The zero-order valence-corrected chi connectivity index (χ0v) is 22.3. The molecule has 3 heterocycles. The van der Waals surface area contributed by atoms with E-state index in [0.29, 0.717) is 35.1 Å². The van der Waals surface area contributed by atoms with E-state index in [1.807, 2.05) is 39.0 Å². The number of nitrogens with zero attached hydrogens (tertiary/aromatic N) is 6. The summed E-state index contributed by atoms with van der Waals surface area (Å²) in [5.41, 5.74) is 2.85. The van der Waals surface area contributed by atoms with Gasteiger partial charge in [-0.05, 0) is 17.5 Å². The summed E-state index contributed by atoms with van der Waals surface area (Å²) in [6.45, 7) is 6.03. The van der Waals surface area contributed by atoms with Gasteiger partial charge in [0.15, 0.2) is 17.0 Å². The Morgan fingerprint density at radius 2 is 1.89 bits per heavy atom. The Balaban J connectivity index is 1.59. The number of aliphatic hydroxyl groups excluding tert-OH is 2. The number of aromatic nitrogens is 5. The van der Waals surface area contributed by atoms with E-state index >= 15 is 0 Å². The van der Waals surface area contributed by atoms with Gasteiger partial charge < -0.3 is 15.1 Å². The topological polar surface area (TPSA) is 100 Å². The van der Waals surface area contributed by atoms with Crippen molar-refractivity contribution in [3.8, 4) is 0 Å². The van der Waals surface area contributed by atoms with Crippen molar-refractivity contribution in [2.24, 2.45) is 0 Å². The van der Waals surface area contributed by atoms with Crippen LogP contribution in [0, 0.1) is 0 Å². The first-order chi connectivity index (χ1) is 17.1. The molecule has 0 saturated carbocycles. The summed E-state index contributed by atoms with van der Waals surface area (Å²) < 4.78 is 29.7. The van der Waals surface area contributed by atoms with Gasteiger partial charge in [-0.15, -0.1) is 5.10 Å². The van der Waals surface area contributed by atoms with Crippen molar-refractivity contribution in [2.75, 3.05) is 36.1 Å². The first-order valence-corrected chi connectivity index (χ1v) is 14.4. The number of hydrogen-bond acceptors (Lipinski definition) is 9. The minimum absolute atomic E-state index is 0.208. The van der Waals surface area contributed by atoms with Crippen molar-refractivity contribution in [3.05, 3.63) is 41.2 Å². The van der Waals surface area contributed by atoms with Gasteiger partial charge in [0.25, 0.3) is 5.92 Å². The van der Waals surface area contributed by atoms with Crippen molar-refractivity contribution in [3.63, 3.8) is 0 Å². The van der Waals surface area contributed by atoms with E-state index in [1.54, 1.807) is 20.4 Å². The second kappa shape index (κ2) is 11.2. The molecule has 1 aliphatic rings. The van der Waals surface area contributed by atoms with E-state index in [0.717, 1.165) is 17.7 Å². The molecule has 0 aliphatic carbocycles. The molecule has 12 heteroatoms. The summed E-state index contributed by atoms with van der Waals surface area (Å²) in [6.07, 6.45) is -0.0846. The van der Waals surface area contributed by atoms with Crippen LogP contribution in [0.25, 0.3) is 11.2 Å². The summed E-state index contributed by atoms with van der Waals surface area (Å²) >= 11 is 0. The smallest absolute Gasteiger partial charge is 0.266 e. The number of anilines is 1. The molecular weight excluding hydrogens is 506 g/mol. The number of halogens is 2. The monoisotopic (exact) mass is 538 g/mol. The number of fused-ring (bicyclic) bond motifs is 1. The molecular formula is C24H32F2N6O2S2. The third-order valence-electron chi connectivity index (χ3n) is 5.93. The molecule has 0 spiro atoms. The van der Waals surface area contributed by atoms with Crippen molar-refractivity contribution in [1.82, 2.24) is 25.0 Å². The highest BCUT2D eigenvalue weighted by Crippen LogP contribution is 2.34. The molecule has 1 aromatic carbocycles. The maximum Gasteiger partial charge on any atom is 0.266 e. The Bertz CT molecular complexity index is 1190. The summed E-state index contributed by atoms with van der Waals surface area (Å²) in [6, 6.07) is 8.10. The first-order valence-electron chi connectivity index (χ1n) is 11.9. The van der Waals surface area contributed by atoms with Gasteiger partial charge in [0, 0.05) is 29.9 Å². The fraction of sp³-hybridized carbons (Fsp3) is 0.583. The van der Waals surface area contributed by atoms with Gasteiger partial charge in [-0.3, -0.25) is 0 Å². The highest BCUT2D eigenvalue weighted by molar-refractivity contribution is 8.76. The van der Waals surface area contributed by atoms with E-state index < -0.39 is 12.0 Å². The van der Waals surface area contributed by atoms with Crippen LogP contribution in [0.4, 0.5) is 14.6 Å². The number of hydrogen-bond donors (Lipinski definition) is 2. The molecule has 0 amide bonds. The van der Waals surface area contributed by atoms with Crippen LogP contribution in [0.2, 0.25) is 0 Å². The number of aryl methyl sites for hydroxylation is 1. The minimum Gasteiger partial charge on any atom is -0.394 e. The highest BCUT2D eigenvalue weighted by atomic mass is 33.1. The lowest BCUT2D eigenvalue weighted by Crippen LogP contribution is -2.27. The molecule has 1 fully saturated rings. The Hall–Kier alpha value is -2.02. The minimum atomic E-state index is -2.75. The maximum absolute atomic E-state index is 14.0. The third kappa shape index (κ3) is 6.45. The lowest BCUT2D eigenvalue weighted by atomic mass is 9.96. The van der Waals surface area contributed by atoms with Crippen LogP contribution >= 0.6 is 21.6 Å². The van der Waals surface area contributed by atoms with Crippen LogP contribution in [-0.2, 0) is 18.4 Å². The molecule has 8 nitrogen and oxygen atoms in total. The van der Waals surface area contributed by atoms with Gasteiger partial charge in [0.2, 0.25) is 0 Å². The lowest BCUT2D eigenvalue weighted by molar-refractivity contribution is 0.0257. The van der Waals surface area contributed by atoms with Crippen molar-refractivity contribution in [2.45, 2.75) is 57.6 Å². The SMILES string of the molecule is CC(C)(C)c1nc(N2CCC(F)(F)C2)c2nnn(Cc3ccccc3CCSSCC(O)CO)c2n1. The molecule has 1 saturated heterocycles. The molecule has 1 unspecified atom stereocenters. The Morgan fingerprint density at radius 1 is 1.14 bits per heavy atom. The highest BCUT2D eigenvalue weighted by Gasteiger charge is 2.40. The average molecular weight is 539 g/mol. The van der Waals surface area contributed by atoms with Gasteiger partial charge in [-0.2, -0.15) is 0 Å². The molecule has 196 valence electrons. The first kappa shape index (κ1) is 27.0. The summed E-state index contributed by atoms with van der Waals surface area (Å²) in [5, 5.41) is 27.1. The van der Waals surface area contributed by atoms with E-state index in [9.17, 15) is 13.9 Å². The van der Waals surface area contributed by atoms with E-state index in [2.05, 4.69) is 21.4 Å². The second-order valence-electron chi connectivity index (χ2n) is 10.0. The second-order valence-corrected chi connectivity index (χ2v) is 12.7. The Kier molecular flexibility index (Phi) is 8.38. The molecule has 3 aromatic rings. The van der Waals surface area contributed by atoms with Gasteiger partial charge in [-0.1, -0.05) is 71.8 Å². The Morgan fingerprint density at radius 3 is 2.56 bits per heavy atom. The average Bonchev–Trinajstić information content (AvgIpc) is 3.41. The number of rotatable bonds is 10. The predicted octanol–water partition coefficient (Wildman–Crippen LogP) is 3.69. The van der Waals surface area contributed by atoms with Crippen LogP contribution in [0.1, 0.15) is 44.1 Å². The molecule has 2 N–H and O–H groups in total. The molecule has 2 aromatic heterocycles.